The van der Waals surface area contributed by atoms with Gasteiger partial charge in [0.2, 0.25) is 10.0 Å². The molecule has 0 saturated carbocycles. The number of hydrogen-bond donors (Lipinski definition) is 2. The maximum Gasteiger partial charge on any atom is 0.242 e. The third-order valence-electron chi connectivity index (χ3n) is 4.83. The Kier molecular flexibility index (Phi) is 7.09. The summed E-state index contributed by atoms with van der Waals surface area (Å²) in [6, 6.07) is 16.9. The monoisotopic (exact) mass is 440 g/mol. The largest absolute Gasteiger partial charge is 0.352 e. The third kappa shape index (κ3) is 5.50. The van der Waals surface area contributed by atoms with E-state index in [0.29, 0.717) is 19.0 Å². The summed E-state index contributed by atoms with van der Waals surface area (Å²) in [4.78, 5) is 14.4. The number of nitrogens with one attached hydrogen (secondary N) is 2. The Labute approximate surface area is 183 Å². The number of benzene rings is 2. The molecule has 0 radical (unpaired) electrons. The van der Waals surface area contributed by atoms with E-state index in [2.05, 4.69) is 20.3 Å². The average Bonchev–Trinajstić information content (AvgIpc) is 3.23. The predicted molar refractivity (Wildman–Crippen MR) is 123 cm³/mol. The Hall–Kier alpha value is -3.17. The molecule has 0 spiro atoms. The summed E-state index contributed by atoms with van der Waals surface area (Å²) in [5.41, 5.74) is 3.02. The molecule has 3 aromatic rings. The fourth-order valence-electron chi connectivity index (χ4n) is 3.06. The highest BCUT2D eigenvalue weighted by Gasteiger charge is 2.16. The van der Waals surface area contributed by atoms with Gasteiger partial charge in [0.1, 0.15) is 5.82 Å². The number of nitrogens with zero attached hydrogens (tertiary/aromatic N) is 4. The van der Waals surface area contributed by atoms with Crippen LogP contribution in [0.15, 0.2) is 70.7 Å². The highest BCUT2D eigenvalue weighted by molar-refractivity contribution is 7.89. The Balaban J connectivity index is 1.60. The number of imidazole rings is 1. The lowest BCUT2D eigenvalue weighted by Gasteiger charge is -2.21. The molecular formula is C22H28N6O2S. The van der Waals surface area contributed by atoms with Crippen LogP contribution in [-0.2, 0) is 23.1 Å². The minimum Gasteiger partial charge on any atom is -0.352 e. The number of H-pyrrole nitrogens is 1. The first kappa shape index (κ1) is 22.5. The highest BCUT2D eigenvalue weighted by Crippen LogP contribution is 2.17. The van der Waals surface area contributed by atoms with Crippen molar-refractivity contribution >= 4 is 16.0 Å². The molecule has 0 bridgehead atoms. The van der Waals surface area contributed by atoms with E-state index in [1.807, 2.05) is 48.5 Å². The van der Waals surface area contributed by atoms with Crippen molar-refractivity contribution in [1.82, 2.24) is 24.5 Å². The van der Waals surface area contributed by atoms with Crippen molar-refractivity contribution in [3.05, 3.63) is 72.2 Å². The molecule has 0 amide bonds. The van der Waals surface area contributed by atoms with Crippen molar-refractivity contribution in [1.29, 1.82) is 0 Å². The van der Waals surface area contributed by atoms with Gasteiger partial charge in [-0.1, -0.05) is 42.5 Å². The fraction of sp³-hybridized carbons (Fsp3) is 0.273. The van der Waals surface area contributed by atoms with E-state index in [1.54, 1.807) is 31.3 Å². The maximum atomic E-state index is 12.2. The summed E-state index contributed by atoms with van der Waals surface area (Å²) in [6.07, 6.45) is 1.83. The minimum atomic E-state index is -3.43. The van der Waals surface area contributed by atoms with Crippen LogP contribution in [0.5, 0.6) is 0 Å². The third-order valence-corrected chi connectivity index (χ3v) is 6.66. The van der Waals surface area contributed by atoms with Crippen LogP contribution in [0.4, 0.5) is 0 Å². The molecule has 0 atom stereocenters. The molecule has 0 aliphatic rings. The topological polar surface area (TPSA) is 93.7 Å². The summed E-state index contributed by atoms with van der Waals surface area (Å²) < 4.78 is 25.6. The molecule has 0 unspecified atom stereocenters. The molecular weight excluding hydrogens is 412 g/mol. The number of sulfonamides is 1. The van der Waals surface area contributed by atoms with Crippen molar-refractivity contribution in [3.63, 3.8) is 0 Å². The minimum absolute atomic E-state index is 0.273. The second-order valence-electron chi connectivity index (χ2n) is 7.30. The zero-order valence-corrected chi connectivity index (χ0v) is 19.0. The van der Waals surface area contributed by atoms with E-state index < -0.39 is 10.0 Å². The summed E-state index contributed by atoms with van der Waals surface area (Å²) in [5, 5.41) is 3.30. The van der Waals surface area contributed by atoms with Gasteiger partial charge in [0.05, 0.1) is 23.3 Å². The van der Waals surface area contributed by atoms with Gasteiger partial charge in [-0.25, -0.2) is 17.7 Å². The molecule has 1 heterocycles. The van der Waals surface area contributed by atoms with E-state index >= 15 is 0 Å². The van der Waals surface area contributed by atoms with Crippen LogP contribution in [0.3, 0.4) is 0 Å². The molecule has 1 aromatic heterocycles. The molecule has 0 fully saturated rings. The lowest BCUT2D eigenvalue weighted by molar-refractivity contribution is 0.464. The van der Waals surface area contributed by atoms with Gasteiger partial charge in [-0.05, 0) is 23.3 Å². The number of rotatable bonds is 7. The van der Waals surface area contributed by atoms with Crippen LogP contribution in [0.1, 0.15) is 11.4 Å². The first-order valence-corrected chi connectivity index (χ1v) is 11.3. The molecule has 2 aromatic carbocycles. The van der Waals surface area contributed by atoms with Gasteiger partial charge in [0.15, 0.2) is 5.96 Å². The summed E-state index contributed by atoms with van der Waals surface area (Å²) >= 11 is 0. The molecule has 31 heavy (non-hydrogen) atoms. The summed E-state index contributed by atoms with van der Waals surface area (Å²) in [6.45, 7) is 1.08. The molecule has 164 valence electrons. The van der Waals surface area contributed by atoms with Crippen LogP contribution in [0.2, 0.25) is 0 Å². The number of aromatic amines is 1. The van der Waals surface area contributed by atoms with Crippen LogP contribution in [0, 0.1) is 0 Å². The summed E-state index contributed by atoms with van der Waals surface area (Å²) in [7, 11) is 3.28. The van der Waals surface area contributed by atoms with E-state index in [0.717, 1.165) is 22.6 Å². The molecule has 0 saturated heterocycles. The predicted octanol–water partition coefficient (Wildman–Crippen LogP) is 2.53. The summed E-state index contributed by atoms with van der Waals surface area (Å²) in [5.74, 6) is 1.55. The molecule has 8 nitrogen and oxygen atoms in total. The second-order valence-corrected chi connectivity index (χ2v) is 9.45. The lowest BCUT2D eigenvalue weighted by Crippen LogP contribution is -2.38. The second kappa shape index (κ2) is 9.76. The van der Waals surface area contributed by atoms with Gasteiger partial charge in [0, 0.05) is 34.7 Å². The van der Waals surface area contributed by atoms with Crippen molar-refractivity contribution in [2.75, 3.05) is 28.2 Å². The first-order chi connectivity index (χ1) is 14.8. The maximum absolute atomic E-state index is 12.2. The van der Waals surface area contributed by atoms with Gasteiger partial charge in [-0.2, -0.15) is 0 Å². The van der Waals surface area contributed by atoms with Crippen molar-refractivity contribution in [2.24, 2.45) is 4.99 Å². The van der Waals surface area contributed by atoms with Crippen molar-refractivity contribution in [3.8, 4) is 11.3 Å². The van der Waals surface area contributed by atoms with Gasteiger partial charge in [0.25, 0.3) is 0 Å². The quantitative estimate of drug-likeness (QED) is 0.435. The molecule has 0 aliphatic heterocycles. The van der Waals surface area contributed by atoms with E-state index in [4.69, 9.17) is 0 Å². The van der Waals surface area contributed by atoms with Gasteiger partial charge in [-0.15, -0.1) is 0 Å². The normalized spacial score (nSPS) is 12.2. The van der Waals surface area contributed by atoms with E-state index in [1.165, 1.54) is 18.4 Å². The van der Waals surface area contributed by atoms with Crippen LogP contribution in [-0.4, -0.2) is 61.7 Å². The van der Waals surface area contributed by atoms with Crippen molar-refractivity contribution in [2.45, 2.75) is 18.0 Å². The zero-order valence-electron chi connectivity index (χ0n) is 18.2. The van der Waals surface area contributed by atoms with Gasteiger partial charge >= 0.3 is 0 Å². The number of aliphatic imine (C=N–C) groups is 1. The number of aromatic nitrogens is 2. The Morgan fingerprint density at radius 1 is 1.06 bits per heavy atom. The lowest BCUT2D eigenvalue weighted by atomic mass is 10.2. The van der Waals surface area contributed by atoms with Crippen molar-refractivity contribution < 1.29 is 8.42 Å². The SMILES string of the molecule is CN=C(NCc1ccc(S(=O)(=O)N(C)C)cc1)N(C)Cc1ncc(-c2ccccc2)[nH]1. The molecule has 0 aliphatic carbocycles. The standard InChI is InChI=1S/C22H28N6O2S/c1-23-22(25-14-17-10-12-19(13-11-17)31(29,30)27(2)3)28(4)16-21-24-15-20(26-21)18-8-6-5-7-9-18/h5-13,15H,14,16H2,1-4H3,(H,23,25)(H,24,26). The van der Waals surface area contributed by atoms with Crippen LogP contribution < -0.4 is 5.32 Å². The molecule has 9 heteroatoms. The highest BCUT2D eigenvalue weighted by atomic mass is 32.2. The van der Waals surface area contributed by atoms with Crippen LogP contribution in [0.25, 0.3) is 11.3 Å². The number of guanidine groups is 1. The molecule has 3 rings (SSSR count). The molecule has 2 N–H and O–H groups in total. The van der Waals surface area contributed by atoms with Gasteiger partial charge in [-0.3, -0.25) is 4.99 Å². The fourth-order valence-corrected chi connectivity index (χ4v) is 3.96. The first-order valence-electron chi connectivity index (χ1n) is 9.84. The van der Waals surface area contributed by atoms with E-state index in [-0.39, 0.29) is 4.90 Å². The zero-order chi connectivity index (χ0) is 22.4. The average molecular weight is 441 g/mol. The van der Waals surface area contributed by atoms with Crippen LogP contribution >= 0.6 is 0 Å². The Bertz CT molecular complexity index is 1120. The Morgan fingerprint density at radius 2 is 1.74 bits per heavy atom. The number of hydrogen-bond acceptors (Lipinski definition) is 4. The smallest absolute Gasteiger partial charge is 0.242 e. The Morgan fingerprint density at radius 3 is 2.35 bits per heavy atom. The van der Waals surface area contributed by atoms with Gasteiger partial charge < -0.3 is 15.2 Å². The van der Waals surface area contributed by atoms with E-state index in [9.17, 15) is 8.42 Å².